The number of rotatable bonds is 3. The van der Waals surface area contributed by atoms with E-state index < -0.39 is 0 Å². The molecule has 4 unspecified atom stereocenters. The number of nitrogens with zero attached hydrogens (tertiary/aromatic N) is 2. The molecule has 1 N–H and O–H groups in total. The Morgan fingerprint density at radius 1 is 1.17 bits per heavy atom. The predicted octanol–water partition coefficient (Wildman–Crippen LogP) is 1.95. The standard InChI is InChI=1S/C15H30N2O/c1-4-13-6-7-15(18)14(10-13)17-9-8-16(5-2)12(3)11-17/h12-15,18H,4-11H2,1-3H3. The first-order valence-corrected chi connectivity index (χ1v) is 7.81. The van der Waals surface area contributed by atoms with Crippen LogP contribution in [0.2, 0.25) is 0 Å². The number of hydrogen-bond donors (Lipinski definition) is 1. The van der Waals surface area contributed by atoms with Crippen molar-refractivity contribution in [1.29, 1.82) is 0 Å². The molecule has 2 fully saturated rings. The molecule has 1 aliphatic heterocycles. The Labute approximate surface area is 112 Å². The van der Waals surface area contributed by atoms with Gasteiger partial charge in [-0.2, -0.15) is 0 Å². The molecule has 1 saturated heterocycles. The van der Waals surface area contributed by atoms with Crippen LogP contribution in [0.4, 0.5) is 0 Å². The molecule has 4 atom stereocenters. The van der Waals surface area contributed by atoms with Crippen LogP contribution in [0.1, 0.15) is 46.5 Å². The Balaban J connectivity index is 1.94. The van der Waals surface area contributed by atoms with Gasteiger partial charge in [0.15, 0.2) is 0 Å². The van der Waals surface area contributed by atoms with Crippen molar-refractivity contribution in [2.75, 3.05) is 26.2 Å². The van der Waals surface area contributed by atoms with Gasteiger partial charge >= 0.3 is 0 Å². The zero-order valence-corrected chi connectivity index (χ0v) is 12.3. The lowest BCUT2D eigenvalue weighted by atomic mass is 9.81. The van der Waals surface area contributed by atoms with Gasteiger partial charge in [0.2, 0.25) is 0 Å². The quantitative estimate of drug-likeness (QED) is 0.834. The predicted molar refractivity (Wildman–Crippen MR) is 75.7 cm³/mol. The second-order valence-corrected chi connectivity index (χ2v) is 6.19. The van der Waals surface area contributed by atoms with E-state index in [2.05, 4.69) is 30.6 Å². The van der Waals surface area contributed by atoms with Gasteiger partial charge in [0.1, 0.15) is 0 Å². The highest BCUT2D eigenvalue weighted by molar-refractivity contribution is 4.90. The normalized spacial score (nSPS) is 40.0. The Kier molecular flexibility index (Phi) is 5.05. The van der Waals surface area contributed by atoms with E-state index >= 15 is 0 Å². The zero-order valence-electron chi connectivity index (χ0n) is 12.3. The van der Waals surface area contributed by atoms with Crippen molar-refractivity contribution in [3.63, 3.8) is 0 Å². The van der Waals surface area contributed by atoms with Crippen LogP contribution in [0, 0.1) is 5.92 Å². The molecule has 0 aromatic rings. The molecule has 1 aliphatic carbocycles. The van der Waals surface area contributed by atoms with Crippen molar-refractivity contribution in [2.45, 2.75) is 64.6 Å². The van der Waals surface area contributed by atoms with Crippen molar-refractivity contribution >= 4 is 0 Å². The molecule has 2 aliphatic rings. The lowest BCUT2D eigenvalue weighted by Crippen LogP contribution is -2.58. The average molecular weight is 254 g/mol. The van der Waals surface area contributed by atoms with Crippen LogP contribution in [0.5, 0.6) is 0 Å². The maximum atomic E-state index is 10.3. The molecule has 1 heterocycles. The van der Waals surface area contributed by atoms with Gasteiger partial charge in [0.25, 0.3) is 0 Å². The van der Waals surface area contributed by atoms with Gasteiger partial charge in [0.05, 0.1) is 6.10 Å². The van der Waals surface area contributed by atoms with E-state index in [-0.39, 0.29) is 6.10 Å². The third-order valence-electron chi connectivity index (χ3n) is 5.14. The van der Waals surface area contributed by atoms with Crippen LogP contribution in [-0.4, -0.2) is 59.3 Å². The maximum Gasteiger partial charge on any atom is 0.0695 e. The number of hydrogen-bond acceptors (Lipinski definition) is 3. The smallest absolute Gasteiger partial charge is 0.0695 e. The summed E-state index contributed by atoms with van der Waals surface area (Å²) < 4.78 is 0. The summed E-state index contributed by atoms with van der Waals surface area (Å²) in [5, 5.41) is 10.3. The summed E-state index contributed by atoms with van der Waals surface area (Å²) in [6, 6.07) is 1.06. The van der Waals surface area contributed by atoms with E-state index in [0.29, 0.717) is 12.1 Å². The molecule has 0 amide bonds. The second kappa shape index (κ2) is 6.36. The second-order valence-electron chi connectivity index (χ2n) is 6.19. The molecule has 0 radical (unpaired) electrons. The molecule has 106 valence electrons. The highest BCUT2D eigenvalue weighted by Gasteiger charge is 2.35. The molecule has 3 heteroatoms. The van der Waals surface area contributed by atoms with Crippen molar-refractivity contribution in [3.8, 4) is 0 Å². The molecule has 0 spiro atoms. The maximum absolute atomic E-state index is 10.3. The summed E-state index contributed by atoms with van der Waals surface area (Å²) in [6.45, 7) is 11.4. The highest BCUT2D eigenvalue weighted by atomic mass is 16.3. The van der Waals surface area contributed by atoms with Crippen LogP contribution in [-0.2, 0) is 0 Å². The lowest BCUT2D eigenvalue weighted by Gasteiger charge is -2.46. The summed E-state index contributed by atoms with van der Waals surface area (Å²) >= 11 is 0. The van der Waals surface area contributed by atoms with Gasteiger partial charge < -0.3 is 5.11 Å². The average Bonchev–Trinajstić information content (AvgIpc) is 2.39. The fourth-order valence-electron chi connectivity index (χ4n) is 3.77. The Morgan fingerprint density at radius 3 is 2.56 bits per heavy atom. The first-order valence-electron chi connectivity index (χ1n) is 7.81. The minimum absolute atomic E-state index is 0.0897. The van der Waals surface area contributed by atoms with Crippen LogP contribution >= 0.6 is 0 Å². The van der Waals surface area contributed by atoms with Gasteiger partial charge in [-0.3, -0.25) is 9.80 Å². The third kappa shape index (κ3) is 3.06. The number of piperazine rings is 1. The molecule has 1 saturated carbocycles. The summed E-state index contributed by atoms with van der Waals surface area (Å²) in [5.41, 5.74) is 0. The molecule has 2 rings (SSSR count). The van der Waals surface area contributed by atoms with Crippen molar-refractivity contribution < 1.29 is 5.11 Å². The van der Waals surface area contributed by atoms with Crippen LogP contribution in [0.15, 0.2) is 0 Å². The summed E-state index contributed by atoms with van der Waals surface area (Å²) in [4.78, 5) is 5.10. The van der Waals surface area contributed by atoms with Crippen molar-refractivity contribution in [2.24, 2.45) is 5.92 Å². The van der Waals surface area contributed by atoms with E-state index in [9.17, 15) is 5.11 Å². The van der Waals surface area contributed by atoms with Gasteiger partial charge in [0, 0.05) is 31.7 Å². The molecule has 18 heavy (non-hydrogen) atoms. The highest BCUT2D eigenvalue weighted by Crippen LogP contribution is 2.31. The summed E-state index contributed by atoms with van der Waals surface area (Å²) in [5.74, 6) is 0.831. The Hall–Kier alpha value is -0.120. The minimum atomic E-state index is -0.0897. The van der Waals surface area contributed by atoms with Crippen LogP contribution in [0.3, 0.4) is 0 Å². The van der Waals surface area contributed by atoms with Gasteiger partial charge in [-0.15, -0.1) is 0 Å². The zero-order chi connectivity index (χ0) is 13.1. The topological polar surface area (TPSA) is 26.7 Å². The number of aliphatic hydroxyl groups is 1. The molecular weight excluding hydrogens is 224 g/mol. The first-order chi connectivity index (χ1) is 8.65. The fraction of sp³-hybridized carbons (Fsp3) is 1.00. The van der Waals surface area contributed by atoms with E-state index in [1.54, 1.807) is 0 Å². The third-order valence-corrected chi connectivity index (χ3v) is 5.14. The fourth-order valence-corrected chi connectivity index (χ4v) is 3.77. The molecular formula is C15H30N2O. The lowest BCUT2D eigenvalue weighted by molar-refractivity contribution is -0.0297. The van der Waals surface area contributed by atoms with Crippen LogP contribution in [0.25, 0.3) is 0 Å². The largest absolute Gasteiger partial charge is 0.391 e. The van der Waals surface area contributed by atoms with E-state index in [0.717, 1.165) is 38.5 Å². The van der Waals surface area contributed by atoms with Crippen molar-refractivity contribution in [1.82, 2.24) is 9.80 Å². The first kappa shape index (κ1) is 14.3. The molecule has 0 aromatic carbocycles. The van der Waals surface area contributed by atoms with Gasteiger partial charge in [-0.25, -0.2) is 0 Å². The summed E-state index contributed by atoms with van der Waals surface area (Å²) in [6.07, 6.45) is 4.61. The van der Waals surface area contributed by atoms with E-state index in [1.165, 1.54) is 19.3 Å². The Morgan fingerprint density at radius 2 is 1.94 bits per heavy atom. The summed E-state index contributed by atoms with van der Waals surface area (Å²) in [7, 11) is 0. The monoisotopic (exact) mass is 254 g/mol. The number of likely N-dealkylation sites (N-methyl/N-ethyl adjacent to an activating group) is 1. The molecule has 0 bridgehead atoms. The Bertz CT molecular complexity index is 259. The van der Waals surface area contributed by atoms with Gasteiger partial charge in [-0.05, 0) is 38.6 Å². The molecule has 0 aromatic heterocycles. The van der Waals surface area contributed by atoms with E-state index in [1.807, 2.05) is 0 Å². The van der Waals surface area contributed by atoms with E-state index in [4.69, 9.17) is 0 Å². The number of aliphatic hydroxyl groups excluding tert-OH is 1. The SMILES string of the molecule is CCC1CCC(O)C(N2CCN(CC)C(C)C2)C1. The van der Waals surface area contributed by atoms with Gasteiger partial charge in [-0.1, -0.05) is 20.3 Å². The minimum Gasteiger partial charge on any atom is -0.391 e. The van der Waals surface area contributed by atoms with Crippen LogP contribution < -0.4 is 0 Å². The molecule has 3 nitrogen and oxygen atoms in total. The van der Waals surface area contributed by atoms with Crippen molar-refractivity contribution in [3.05, 3.63) is 0 Å².